The first-order chi connectivity index (χ1) is 20.6. The fourth-order valence-corrected chi connectivity index (χ4v) is 5.24. The first-order valence-corrected chi connectivity index (χ1v) is 16.8. The van der Waals surface area contributed by atoms with Crippen LogP contribution in [0.3, 0.4) is 0 Å². The van der Waals surface area contributed by atoms with Crippen molar-refractivity contribution in [2.75, 3.05) is 23.8 Å². The van der Waals surface area contributed by atoms with Crippen LogP contribution in [0.25, 0.3) is 0 Å². The molecule has 0 atom stereocenters. The highest BCUT2D eigenvalue weighted by molar-refractivity contribution is 7.15. The summed E-state index contributed by atoms with van der Waals surface area (Å²) in [6, 6.07) is 7.89. The summed E-state index contributed by atoms with van der Waals surface area (Å²) >= 11 is 2.77. The van der Waals surface area contributed by atoms with Gasteiger partial charge in [0.2, 0.25) is 22.1 Å². The van der Waals surface area contributed by atoms with E-state index < -0.39 is 11.2 Å². The maximum atomic E-state index is 12.7. The molecule has 1 saturated heterocycles. The smallest absolute Gasteiger partial charge is 0.236 e. The van der Waals surface area contributed by atoms with Gasteiger partial charge in [-0.2, -0.15) is 0 Å². The number of ether oxygens (including phenoxy) is 2. The number of hydrogen-bond acceptors (Lipinski definition) is 10. The Hall–Kier alpha value is -2.80. The molecule has 0 unspecified atom stereocenters. The first kappa shape index (κ1) is 38.2. The van der Waals surface area contributed by atoms with Crippen molar-refractivity contribution in [3.63, 3.8) is 0 Å². The van der Waals surface area contributed by atoms with Crippen LogP contribution in [-0.2, 0) is 38.3 Å². The normalized spacial score (nSPS) is 14.5. The monoisotopic (exact) mass is 634 g/mol. The number of aromatic nitrogens is 4. The number of unbranched alkanes of at least 4 members (excludes halogenated alkanes) is 1. The van der Waals surface area contributed by atoms with E-state index in [2.05, 4.69) is 31.0 Å². The molecule has 3 aromatic rings. The summed E-state index contributed by atoms with van der Waals surface area (Å²) < 4.78 is 11.3. The van der Waals surface area contributed by atoms with Gasteiger partial charge in [0.05, 0.1) is 25.0 Å². The second kappa shape index (κ2) is 19.5. The van der Waals surface area contributed by atoms with Gasteiger partial charge in [0.1, 0.15) is 10.0 Å². The van der Waals surface area contributed by atoms with Gasteiger partial charge in [-0.3, -0.25) is 14.9 Å². The van der Waals surface area contributed by atoms with Crippen LogP contribution >= 0.6 is 22.7 Å². The molecule has 1 fully saturated rings. The zero-order valence-corrected chi connectivity index (χ0v) is 29.1. The lowest BCUT2D eigenvalue weighted by molar-refractivity contribution is -0.276. The molecule has 0 bridgehead atoms. The summed E-state index contributed by atoms with van der Waals surface area (Å²) in [7, 11) is 0. The van der Waals surface area contributed by atoms with E-state index in [9.17, 15) is 9.59 Å². The molecule has 10 nitrogen and oxygen atoms in total. The van der Waals surface area contributed by atoms with Crippen molar-refractivity contribution < 1.29 is 19.1 Å². The quantitative estimate of drug-likeness (QED) is 0.223. The number of hydrogen-bond donors (Lipinski definition) is 2. The van der Waals surface area contributed by atoms with Crippen molar-refractivity contribution in [3.05, 3.63) is 45.4 Å². The number of amides is 2. The minimum atomic E-state index is -0.776. The Kier molecular flexibility index (Phi) is 17.3. The molecule has 1 aliphatic heterocycles. The highest BCUT2D eigenvalue weighted by Crippen LogP contribution is 2.31. The lowest BCUT2D eigenvalue weighted by atomic mass is 9.90. The van der Waals surface area contributed by atoms with Crippen LogP contribution in [-0.4, -0.2) is 51.2 Å². The third-order valence-corrected chi connectivity index (χ3v) is 7.70. The van der Waals surface area contributed by atoms with Crippen LogP contribution in [0.2, 0.25) is 0 Å². The number of carbonyl (C=O) groups excluding carboxylic acids is 2. The number of anilines is 2. The maximum absolute atomic E-state index is 12.7. The van der Waals surface area contributed by atoms with Gasteiger partial charge in [0.25, 0.3) is 0 Å². The van der Waals surface area contributed by atoms with E-state index >= 15 is 0 Å². The average Bonchev–Trinajstić information content (AvgIpc) is 3.65. The molecule has 2 N–H and O–H groups in total. The minimum absolute atomic E-state index is 0.103. The molecule has 0 aliphatic carbocycles. The molecule has 43 heavy (non-hydrogen) atoms. The van der Waals surface area contributed by atoms with Crippen LogP contribution in [0.4, 0.5) is 10.3 Å². The van der Waals surface area contributed by atoms with E-state index in [-0.39, 0.29) is 25.0 Å². The molecule has 0 saturated carbocycles. The molecular weight excluding hydrogens is 585 g/mol. The van der Waals surface area contributed by atoms with Crippen molar-refractivity contribution in [1.29, 1.82) is 0 Å². The number of nitrogens with one attached hydrogen (secondary N) is 2. The van der Waals surface area contributed by atoms with E-state index in [0.717, 1.165) is 46.8 Å². The lowest BCUT2D eigenvalue weighted by Crippen LogP contribution is -2.50. The van der Waals surface area contributed by atoms with Crippen LogP contribution < -0.4 is 10.6 Å². The van der Waals surface area contributed by atoms with Crippen molar-refractivity contribution in [3.8, 4) is 0 Å². The molecule has 240 valence electrons. The van der Waals surface area contributed by atoms with Crippen molar-refractivity contribution in [2.45, 2.75) is 107 Å². The van der Waals surface area contributed by atoms with Crippen molar-refractivity contribution in [1.82, 2.24) is 20.4 Å². The SMILES string of the molecule is CC.CC.CC.Cc1cccc(CC(=O)Nc2nnc(CCCCc3nnc(NC(=O)C4(C)COC(C)(C)OC4)s3)s2)c1. The standard InChI is InChI=1S/C25H32N6O4S2.3C2H6/c1-16-8-7-9-17(12-16)13-18(32)26-22-30-28-19(36-22)10-5-6-11-20-29-31-23(37-20)27-21(33)25(4)14-34-24(2,3)35-15-25;3*1-2/h7-9,12H,5-6,10-11,13-15H2,1-4H3,(H,26,30,32)(H,27,31,33);3*1-2H3. The van der Waals surface area contributed by atoms with Crippen molar-refractivity contribution in [2.24, 2.45) is 5.41 Å². The molecule has 1 aliphatic rings. The molecule has 4 rings (SSSR count). The highest BCUT2D eigenvalue weighted by Gasteiger charge is 2.42. The topological polar surface area (TPSA) is 128 Å². The van der Waals surface area contributed by atoms with E-state index in [0.29, 0.717) is 16.7 Å². The Morgan fingerprint density at radius 2 is 1.33 bits per heavy atom. The number of nitrogens with zero attached hydrogens (tertiary/aromatic N) is 4. The van der Waals surface area contributed by atoms with E-state index in [1.807, 2.05) is 93.5 Å². The van der Waals surface area contributed by atoms with Crippen molar-refractivity contribution >= 4 is 44.8 Å². The molecule has 3 heterocycles. The summed E-state index contributed by atoms with van der Waals surface area (Å²) in [6.07, 6.45) is 3.62. The van der Waals surface area contributed by atoms with E-state index in [1.165, 1.54) is 22.7 Å². The van der Waals surface area contributed by atoms with Gasteiger partial charge < -0.3 is 14.8 Å². The highest BCUT2D eigenvalue weighted by atomic mass is 32.1. The maximum Gasteiger partial charge on any atom is 0.236 e. The number of rotatable bonds is 10. The molecule has 2 amide bonds. The molecule has 0 radical (unpaired) electrons. The summed E-state index contributed by atoms with van der Waals surface area (Å²) in [5.41, 5.74) is 1.32. The summed E-state index contributed by atoms with van der Waals surface area (Å²) in [4.78, 5) is 25.0. The third-order valence-electron chi connectivity index (χ3n) is 5.90. The molecule has 2 aromatic heterocycles. The molecule has 0 spiro atoms. The zero-order valence-electron chi connectivity index (χ0n) is 27.5. The number of aryl methyl sites for hydroxylation is 3. The third kappa shape index (κ3) is 13.2. The Bertz CT molecular complexity index is 1230. The Labute approximate surface area is 265 Å². The van der Waals surface area contributed by atoms with Gasteiger partial charge in [-0.15, -0.1) is 20.4 Å². The summed E-state index contributed by atoms with van der Waals surface area (Å²) in [5.74, 6) is -0.973. The zero-order chi connectivity index (χ0) is 32.5. The van der Waals surface area contributed by atoms with E-state index in [1.54, 1.807) is 0 Å². The predicted molar refractivity (Wildman–Crippen MR) is 177 cm³/mol. The Morgan fingerprint density at radius 3 is 1.84 bits per heavy atom. The van der Waals surface area contributed by atoms with Crippen LogP contribution in [0.15, 0.2) is 24.3 Å². The van der Waals surface area contributed by atoms with Gasteiger partial charge in [-0.05, 0) is 46.1 Å². The minimum Gasteiger partial charge on any atom is -0.349 e. The van der Waals surface area contributed by atoms with Crippen LogP contribution in [0.5, 0.6) is 0 Å². The largest absolute Gasteiger partial charge is 0.349 e. The molecule has 1 aromatic carbocycles. The second-order valence-electron chi connectivity index (χ2n) is 9.91. The van der Waals surface area contributed by atoms with Crippen LogP contribution in [0.1, 0.15) is 96.3 Å². The first-order valence-electron chi connectivity index (χ1n) is 15.2. The lowest BCUT2D eigenvalue weighted by Gasteiger charge is -2.40. The Balaban J connectivity index is 0.00000145. The average molecular weight is 635 g/mol. The van der Waals surface area contributed by atoms with Gasteiger partial charge in [-0.25, -0.2) is 0 Å². The number of carbonyl (C=O) groups is 2. The molecule has 12 heteroatoms. The Morgan fingerprint density at radius 1 is 0.814 bits per heavy atom. The molecular formula is C31H50N6O4S2. The summed E-state index contributed by atoms with van der Waals surface area (Å²) in [6.45, 7) is 20.0. The van der Waals surface area contributed by atoms with Gasteiger partial charge in [0.15, 0.2) is 5.79 Å². The van der Waals surface area contributed by atoms with E-state index in [4.69, 9.17) is 9.47 Å². The van der Waals surface area contributed by atoms with Gasteiger partial charge in [0, 0.05) is 12.8 Å². The van der Waals surface area contributed by atoms with Gasteiger partial charge >= 0.3 is 0 Å². The van der Waals surface area contributed by atoms with Crippen LogP contribution in [0, 0.1) is 12.3 Å². The second-order valence-corrected chi connectivity index (χ2v) is 12.0. The predicted octanol–water partition coefficient (Wildman–Crippen LogP) is 7.25. The van der Waals surface area contributed by atoms with Gasteiger partial charge in [-0.1, -0.05) is 94.0 Å². The number of benzene rings is 1. The fourth-order valence-electron chi connectivity index (χ4n) is 3.66. The fraction of sp³-hybridized carbons (Fsp3) is 0.613. The summed E-state index contributed by atoms with van der Waals surface area (Å²) in [5, 5.41) is 25.0.